The first kappa shape index (κ1) is 13.3. The molecular formula is C15H13ClN2OS. The fourth-order valence-electron chi connectivity index (χ4n) is 2.19. The van der Waals surface area contributed by atoms with E-state index in [1.165, 1.54) is 11.3 Å². The molecule has 1 aromatic carbocycles. The van der Waals surface area contributed by atoms with Crippen LogP contribution in [-0.4, -0.2) is 9.97 Å². The predicted octanol–water partition coefficient (Wildman–Crippen LogP) is 4.18. The standard InChI is InChI=1S/C15H13ClN2OS/c1-3-12-17-14(19)13-10(7-20-15(13)18-12)9-4-5-11(16)8(2)6-9/h4-7H,3H2,1-2H3,(H,17,18,19). The number of rotatable bonds is 2. The molecule has 0 atom stereocenters. The number of halogens is 1. The van der Waals surface area contributed by atoms with Gasteiger partial charge in [-0.15, -0.1) is 11.3 Å². The van der Waals surface area contributed by atoms with Gasteiger partial charge < -0.3 is 4.98 Å². The maximum Gasteiger partial charge on any atom is 0.260 e. The Morgan fingerprint density at radius 1 is 1.40 bits per heavy atom. The predicted molar refractivity (Wildman–Crippen MR) is 84.8 cm³/mol. The van der Waals surface area contributed by atoms with E-state index in [0.717, 1.165) is 38.8 Å². The number of fused-ring (bicyclic) bond motifs is 1. The summed E-state index contributed by atoms with van der Waals surface area (Å²) in [5.74, 6) is 0.725. The Balaban J connectivity index is 2.27. The number of H-pyrrole nitrogens is 1. The first-order valence-electron chi connectivity index (χ1n) is 6.37. The maximum absolute atomic E-state index is 12.3. The summed E-state index contributed by atoms with van der Waals surface area (Å²) in [6.07, 6.45) is 0.721. The minimum atomic E-state index is -0.0734. The summed E-state index contributed by atoms with van der Waals surface area (Å²) in [5, 5.41) is 3.37. The van der Waals surface area contributed by atoms with Crippen molar-refractivity contribution in [3.05, 3.63) is 50.3 Å². The molecule has 2 heterocycles. The van der Waals surface area contributed by atoms with Crippen LogP contribution in [0.4, 0.5) is 0 Å². The number of nitrogens with zero attached hydrogens (tertiary/aromatic N) is 1. The molecule has 0 saturated carbocycles. The molecular weight excluding hydrogens is 292 g/mol. The summed E-state index contributed by atoms with van der Waals surface area (Å²) in [6, 6.07) is 5.79. The Kier molecular flexibility index (Phi) is 3.36. The number of aromatic amines is 1. The molecule has 5 heteroatoms. The van der Waals surface area contributed by atoms with Gasteiger partial charge in [0.25, 0.3) is 5.56 Å². The number of hydrogen-bond donors (Lipinski definition) is 1. The Morgan fingerprint density at radius 2 is 2.20 bits per heavy atom. The van der Waals surface area contributed by atoms with Crippen molar-refractivity contribution in [2.75, 3.05) is 0 Å². The summed E-state index contributed by atoms with van der Waals surface area (Å²) in [5.41, 5.74) is 2.84. The van der Waals surface area contributed by atoms with Crippen molar-refractivity contribution in [1.82, 2.24) is 9.97 Å². The minimum absolute atomic E-state index is 0.0734. The molecule has 20 heavy (non-hydrogen) atoms. The van der Waals surface area contributed by atoms with Gasteiger partial charge in [0.15, 0.2) is 0 Å². The van der Waals surface area contributed by atoms with E-state index < -0.39 is 0 Å². The van der Waals surface area contributed by atoms with E-state index in [-0.39, 0.29) is 5.56 Å². The van der Waals surface area contributed by atoms with Gasteiger partial charge in [-0.2, -0.15) is 0 Å². The van der Waals surface area contributed by atoms with Gasteiger partial charge in [0.1, 0.15) is 10.7 Å². The van der Waals surface area contributed by atoms with Gasteiger partial charge in [-0.25, -0.2) is 4.98 Å². The summed E-state index contributed by atoms with van der Waals surface area (Å²) in [6.45, 7) is 3.93. The van der Waals surface area contributed by atoms with Crippen LogP contribution in [0.5, 0.6) is 0 Å². The molecule has 0 aliphatic carbocycles. The van der Waals surface area contributed by atoms with Crippen molar-refractivity contribution in [1.29, 1.82) is 0 Å². The molecule has 0 saturated heterocycles. The quantitative estimate of drug-likeness (QED) is 0.772. The summed E-state index contributed by atoms with van der Waals surface area (Å²) in [7, 11) is 0. The van der Waals surface area contributed by atoms with Gasteiger partial charge in [-0.1, -0.05) is 24.6 Å². The van der Waals surface area contributed by atoms with Crippen LogP contribution >= 0.6 is 22.9 Å². The topological polar surface area (TPSA) is 45.8 Å². The molecule has 0 spiro atoms. The van der Waals surface area contributed by atoms with E-state index in [2.05, 4.69) is 9.97 Å². The van der Waals surface area contributed by atoms with Gasteiger partial charge in [0, 0.05) is 22.4 Å². The van der Waals surface area contributed by atoms with Gasteiger partial charge in [-0.3, -0.25) is 4.79 Å². The second-order valence-electron chi connectivity index (χ2n) is 4.66. The molecule has 0 aliphatic rings. The van der Waals surface area contributed by atoms with Crippen molar-refractivity contribution >= 4 is 33.2 Å². The molecule has 1 N–H and O–H groups in total. The number of benzene rings is 1. The zero-order valence-electron chi connectivity index (χ0n) is 11.2. The highest BCUT2D eigenvalue weighted by atomic mass is 35.5. The molecule has 0 aliphatic heterocycles. The normalized spacial score (nSPS) is 11.2. The van der Waals surface area contributed by atoms with E-state index in [1.807, 2.05) is 37.4 Å². The smallest absolute Gasteiger partial charge is 0.260 e. The zero-order chi connectivity index (χ0) is 14.3. The van der Waals surface area contributed by atoms with E-state index in [1.54, 1.807) is 0 Å². The number of aromatic nitrogens is 2. The lowest BCUT2D eigenvalue weighted by Gasteiger charge is -2.03. The van der Waals surface area contributed by atoms with Gasteiger partial charge in [0.05, 0.1) is 5.39 Å². The Hall–Kier alpha value is -1.65. The lowest BCUT2D eigenvalue weighted by molar-refractivity contribution is 0.948. The Labute approximate surface area is 125 Å². The monoisotopic (exact) mass is 304 g/mol. The van der Waals surface area contributed by atoms with Crippen LogP contribution in [0, 0.1) is 6.92 Å². The molecule has 0 amide bonds. The average molecular weight is 305 g/mol. The summed E-state index contributed by atoms with van der Waals surface area (Å²) >= 11 is 7.55. The highest BCUT2D eigenvalue weighted by Gasteiger charge is 2.13. The van der Waals surface area contributed by atoms with Crippen LogP contribution in [0.3, 0.4) is 0 Å². The molecule has 3 aromatic rings. The second-order valence-corrected chi connectivity index (χ2v) is 5.92. The van der Waals surface area contributed by atoms with E-state index in [9.17, 15) is 4.79 Å². The maximum atomic E-state index is 12.3. The van der Waals surface area contributed by atoms with Crippen LogP contribution in [0.15, 0.2) is 28.4 Å². The summed E-state index contributed by atoms with van der Waals surface area (Å²) in [4.78, 5) is 20.3. The van der Waals surface area contributed by atoms with Crippen molar-refractivity contribution < 1.29 is 0 Å². The van der Waals surface area contributed by atoms with Crippen molar-refractivity contribution in [3.63, 3.8) is 0 Å². The highest BCUT2D eigenvalue weighted by molar-refractivity contribution is 7.17. The molecule has 0 bridgehead atoms. The van der Waals surface area contributed by atoms with Crippen LogP contribution in [-0.2, 0) is 6.42 Å². The lowest BCUT2D eigenvalue weighted by atomic mass is 10.0. The molecule has 0 unspecified atom stereocenters. The number of nitrogens with one attached hydrogen (secondary N) is 1. The van der Waals surface area contributed by atoms with E-state index in [0.29, 0.717) is 5.39 Å². The third-order valence-electron chi connectivity index (χ3n) is 3.30. The van der Waals surface area contributed by atoms with Crippen molar-refractivity contribution in [3.8, 4) is 11.1 Å². The van der Waals surface area contributed by atoms with Crippen LogP contribution in [0.2, 0.25) is 5.02 Å². The minimum Gasteiger partial charge on any atom is -0.310 e. The van der Waals surface area contributed by atoms with E-state index in [4.69, 9.17) is 11.6 Å². The van der Waals surface area contributed by atoms with Crippen LogP contribution in [0.25, 0.3) is 21.3 Å². The van der Waals surface area contributed by atoms with Crippen molar-refractivity contribution in [2.45, 2.75) is 20.3 Å². The zero-order valence-corrected chi connectivity index (χ0v) is 12.7. The fraction of sp³-hybridized carbons (Fsp3) is 0.200. The van der Waals surface area contributed by atoms with Gasteiger partial charge in [-0.05, 0) is 30.2 Å². The molecule has 3 rings (SSSR count). The third kappa shape index (κ3) is 2.15. The highest BCUT2D eigenvalue weighted by Crippen LogP contribution is 2.32. The molecule has 0 radical (unpaired) electrons. The van der Waals surface area contributed by atoms with Crippen LogP contribution < -0.4 is 5.56 Å². The molecule has 0 fully saturated rings. The molecule has 2 aromatic heterocycles. The number of aryl methyl sites for hydroxylation is 2. The first-order chi connectivity index (χ1) is 9.60. The van der Waals surface area contributed by atoms with Gasteiger partial charge >= 0.3 is 0 Å². The van der Waals surface area contributed by atoms with Crippen LogP contribution in [0.1, 0.15) is 18.3 Å². The first-order valence-corrected chi connectivity index (χ1v) is 7.63. The van der Waals surface area contributed by atoms with E-state index >= 15 is 0 Å². The lowest BCUT2D eigenvalue weighted by Crippen LogP contribution is -2.10. The number of thiophene rings is 1. The number of hydrogen-bond acceptors (Lipinski definition) is 3. The average Bonchev–Trinajstić information content (AvgIpc) is 2.86. The molecule has 102 valence electrons. The second kappa shape index (κ2) is 5.04. The summed E-state index contributed by atoms with van der Waals surface area (Å²) < 4.78 is 0. The Bertz CT molecular complexity index is 851. The Morgan fingerprint density at radius 3 is 2.90 bits per heavy atom. The van der Waals surface area contributed by atoms with Gasteiger partial charge in [0.2, 0.25) is 0 Å². The molecule has 3 nitrogen and oxygen atoms in total. The fourth-order valence-corrected chi connectivity index (χ4v) is 3.27. The van der Waals surface area contributed by atoms with Crippen molar-refractivity contribution in [2.24, 2.45) is 0 Å². The largest absolute Gasteiger partial charge is 0.310 e. The SMILES string of the molecule is CCc1nc2scc(-c3ccc(Cl)c(C)c3)c2c(=O)[nH]1. The third-order valence-corrected chi connectivity index (χ3v) is 4.59.